The Kier molecular flexibility index (Phi) is 6.46. The van der Waals surface area contributed by atoms with Crippen molar-refractivity contribution in [2.75, 3.05) is 6.61 Å². The van der Waals surface area contributed by atoms with Crippen LogP contribution in [0.4, 0.5) is 0 Å². The van der Waals surface area contributed by atoms with Crippen LogP contribution < -0.4 is 0 Å². The number of carbonyl (C=O) groups excluding carboxylic acids is 1. The van der Waals surface area contributed by atoms with Crippen LogP contribution in [0.3, 0.4) is 0 Å². The van der Waals surface area contributed by atoms with Crippen molar-refractivity contribution in [3.63, 3.8) is 0 Å². The zero-order valence-corrected chi connectivity index (χ0v) is 19.1. The van der Waals surface area contributed by atoms with Crippen molar-refractivity contribution in [1.29, 1.82) is 0 Å². The Morgan fingerprint density at radius 3 is 2.32 bits per heavy atom. The van der Waals surface area contributed by atoms with Crippen LogP contribution in [-0.4, -0.2) is 32.4 Å². The van der Waals surface area contributed by atoms with Gasteiger partial charge in [-0.1, -0.05) is 35.3 Å². The molecule has 2 heterocycles. The molecule has 0 saturated heterocycles. The quantitative estimate of drug-likeness (QED) is 0.258. The highest BCUT2D eigenvalue weighted by molar-refractivity contribution is 7.98. The molecule has 0 fully saturated rings. The lowest BCUT2D eigenvalue weighted by molar-refractivity contribution is 0.0516. The molecule has 0 aliphatic carbocycles. The lowest BCUT2D eigenvalue weighted by atomic mass is 10.1. The van der Waals surface area contributed by atoms with Gasteiger partial charge in [-0.3, -0.25) is 0 Å². The van der Waals surface area contributed by atoms with Crippen molar-refractivity contribution in [1.82, 2.24) is 19.8 Å². The third-order valence-corrected chi connectivity index (χ3v) is 6.13. The fraction of sp³-hybridized carbons (Fsp3) is 0.182. The lowest BCUT2D eigenvalue weighted by Crippen LogP contribution is -2.16. The molecular weight excluding hydrogens is 455 g/mol. The van der Waals surface area contributed by atoms with E-state index in [1.54, 1.807) is 23.2 Å². The molecule has 0 saturated carbocycles. The van der Waals surface area contributed by atoms with E-state index in [0.717, 1.165) is 21.7 Å². The number of fused-ring (bicyclic) bond motifs is 1. The third kappa shape index (κ3) is 4.54. The van der Waals surface area contributed by atoms with Gasteiger partial charge in [0.15, 0.2) is 11.3 Å². The van der Waals surface area contributed by atoms with Crippen molar-refractivity contribution in [2.24, 2.45) is 0 Å². The summed E-state index contributed by atoms with van der Waals surface area (Å²) >= 11 is 13.6. The molecule has 4 rings (SSSR count). The summed E-state index contributed by atoms with van der Waals surface area (Å²) in [5.74, 6) is -0.0759. The van der Waals surface area contributed by atoms with Gasteiger partial charge in [0.25, 0.3) is 0 Å². The Morgan fingerprint density at radius 1 is 1.03 bits per heavy atom. The molecule has 2 aromatic carbocycles. The molecule has 0 atom stereocenters. The molecule has 0 aliphatic rings. The Labute approximate surface area is 193 Å². The molecule has 158 valence electrons. The highest BCUT2D eigenvalue weighted by Crippen LogP contribution is 2.31. The van der Waals surface area contributed by atoms with E-state index < -0.39 is 5.97 Å². The molecule has 6 nitrogen and oxygen atoms in total. The van der Waals surface area contributed by atoms with E-state index in [1.807, 2.05) is 55.5 Å². The molecule has 0 N–H and O–H groups in total. The Morgan fingerprint density at radius 2 is 1.68 bits per heavy atom. The first kappa shape index (κ1) is 21.6. The van der Waals surface area contributed by atoms with Crippen LogP contribution in [0.25, 0.3) is 16.8 Å². The minimum atomic E-state index is -0.523. The highest BCUT2D eigenvalue weighted by Gasteiger charge is 2.23. The van der Waals surface area contributed by atoms with Crippen molar-refractivity contribution in [3.8, 4) is 11.1 Å². The normalized spacial score (nSPS) is 11.1. The summed E-state index contributed by atoms with van der Waals surface area (Å²) in [5.41, 5.74) is 3.88. The number of ether oxygens (including phenoxy) is 1. The summed E-state index contributed by atoms with van der Waals surface area (Å²) in [5, 5.41) is 14.5. The Hall–Kier alpha value is -2.61. The summed E-state index contributed by atoms with van der Waals surface area (Å²) in [7, 11) is 0. The van der Waals surface area contributed by atoms with E-state index in [2.05, 4.69) is 15.3 Å². The molecule has 2 aromatic heterocycles. The van der Waals surface area contributed by atoms with Gasteiger partial charge in [-0.2, -0.15) is 5.10 Å². The minimum absolute atomic E-state index is 0.154. The Balaban J connectivity index is 1.82. The average Bonchev–Trinajstić information content (AvgIpc) is 3.10. The van der Waals surface area contributed by atoms with Gasteiger partial charge in [-0.05, 0) is 55.8 Å². The van der Waals surface area contributed by atoms with Crippen LogP contribution in [0.5, 0.6) is 0 Å². The van der Waals surface area contributed by atoms with Gasteiger partial charge in [0.1, 0.15) is 0 Å². The van der Waals surface area contributed by atoms with Crippen molar-refractivity contribution < 1.29 is 9.53 Å². The first-order valence-electron chi connectivity index (χ1n) is 9.54. The number of benzene rings is 2. The van der Waals surface area contributed by atoms with E-state index in [4.69, 9.17) is 27.9 Å². The van der Waals surface area contributed by atoms with Gasteiger partial charge in [0.2, 0.25) is 0 Å². The lowest BCUT2D eigenvalue weighted by Gasteiger charge is -2.10. The smallest absolute Gasteiger partial charge is 0.360 e. The molecule has 0 amide bonds. The fourth-order valence-electron chi connectivity index (χ4n) is 3.18. The van der Waals surface area contributed by atoms with Gasteiger partial charge in [-0.25, -0.2) is 9.31 Å². The standard InChI is InChI=1S/C22H18Cl2N4O2S/c1-3-30-22(29)20-18(12-31-17-10-8-16(24)9-11-17)28-21(26-25-20)19(13(2)27-28)14-4-6-15(23)7-5-14/h4-11H,3,12H2,1-2H3. The number of thioether (sulfide) groups is 1. The number of aryl methyl sites for hydroxylation is 1. The number of esters is 1. The molecule has 4 aromatic rings. The highest BCUT2D eigenvalue weighted by atomic mass is 35.5. The second-order valence-electron chi connectivity index (χ2n) is 6.66. The molecule has 0 unspecified atom stereocenters. The van der Waals surface area contributed by atoms with E-state index in [0.29, 0.717) is 27.1 Å². The predicted molar refractivity (Wildman–Crippen MR) is 123 cm³/mol. The summed E-state index contributed by atoms with van der Waals surface area (Å²) in [6.45, 7) is 3.90. The number of hydrogen-bond acceptors (Lipinski definition) is 6. The van der Waals surface area contributed by atoms with Gasteiger partial charge in [0, 0.05) is 20.7 Å². The van der Waals surface area contributed by atoms with Crippen LogP contribution in [0.2, 0.25) is 10.0 Å². The van der Waals surface area contributed by atoms with Gasteiger partial charge >= 0.3 is 5.97 Å². The topological polar surface area (TPSA) is 69.4 Å². The number of carbonyl (C=O) groups is 1. The molecule has 0 aliphatic heterocycles. The van der Waals surface area contributed by atoms with Crippen molar-refractivity contribution >= 4 is 46.6 Å². The maximum atomic E-state index is 12.6. The number of halogens is 2. The summed E-state index contributed by atoms with van der Waals surface area (Å²) in [4.78, 5) is 13.6. The molecule has 0 bridgehead atoms. The van der Waals surface area contributed by atoms with Crippen molar-refractivity contribution in [3.05, 3.63) is 75.7 Å². The van der Waals surface area contributed by atoms with Gasteiger partial charge in [0.05, 0.1) is 23.6 Å². The number of aromatic nitrogens is 4. The average molecular weight is 473 g/mol. The third-order valence-electron chi connectivity index (χ3n) is 4.60. The van der Waals surface area contributed by atoms with Gasteiger partial charge < -0.3 is 4.74 Å². The first-order valence-corrected chi connectivity index (χ1v) is 11.3. The van der Waals surface area contributed by atoms with Crippen LogP contribution in [0.1, 0.15) is 28.8 Å². The number of rotatable bonds is 6. The van der Waals surface area contributed by atoms with E-state index in [-0.39, 0.29) is 12.3 Å². The molecule has 0 radical (unpaired) electrons. The number of nitrogens with zero attached hydrogens (tertiary/aromatic N) is 4. The maximum Gasteiger partial charge on any atom is 0.360 e. The van der Waals surface area contributed by atoms with E-state index in [9.17, 15) is 4.79 Å². The van der Waals surface area contributed by atoms with E-state index >= 15 is 0 Å². The number of hydrogen-bond donors (Lipinski definition) is 0. The molecular formula is C22H18Cl2N4O2S. The predicted octanol–water partition coefficient (Wildman–Crippen LogP) is 5.88. The zero-order chi connectivity index (χ0) is 22.0. The van der Waals surface area contributed by atoms with Gasteiger partial charge in [-0.15, -0.1) is 22.0 Å². The van der Waals surface area contributed by atoms with Crippen molar-refractivity contribution in [2.45, 2.75) is 24.5 Å². The fourth-order valence-corrected chi connectivity index (χ4v) is 4.32. The summed E-state index contributed by atoms with van der Waals surface area (Å²) in [6.07, 6.45) is 0. The summed E-state index contributed by atoms with van der Waals surface area (Å²) in [6, 6.07) is 15.0. The molecule has 31 heavy (non-hydrogen) atoms. The minimum Gasteiger partial charge on any atom is -0.461 e. The largest absolute Gasteiger partial charge is 0.461 e. The monoisotopic (exact) mass is 472 g/mol. The van der Waals surface area contributed by atoms with Crippen LogP contribution in [0, 0.1) is 6.92 Å². The summed E-state index contributed by atoms with van der Waals surface area (Å²) < 4.78 is 6.88. The SMILES string of the molecule is CCOC(=O)c1nnc2c(-c3ccc(Cl)cc3)c(C)nn2c1CSc1ccc(Cl)cc1. The first-order chi connectivity index (χ1) is 15.0. The van der Waals surface area contributed by atoms with Crippen LogP contribution >= 0.6 is 35.0 Å². The van der Waals surface area contributed by atoms with E-state index in [1.165, 1.54) is 0 Å². The molecule has 0 spiro atoms. The van der Waals surface area contributed by atoms with Crippen LogP contribution in [-0.2, 0) is 10.5 Å². The second-order valence-corrected chi connectivity index (χ2v) is 8.58. The molecule has 9 heteroatoms. The van der Waals surface area contributed by atoms with Crippen LogP contribution in [0.15, 0.2) is 53.4 Å². The Bertz CT molecular complexity index is 1240. The second kappa shape index (κ2) is 9.26. The maximum absolute atomic E-state index is 12.6. The zero-order valence-electron chi connectivity index (χ0n) is 16.8.